The Morgan fingerprint density at radius 1 is 1.30 bits per heavy atom. The third-order valence-corrected chi connectivity index (χ3v) is 4.69. The van der Waals surface area contributed by atoms with Gasteiger partial charge in [-0.1, -0.05) is 23.7 Å². The van der Waals surface area contributed by atoms with Crippen LogP contribution in [0.5, 0.6) is 0 Å². The summed E-state index contributed by atoms with van der Waals surface area (Å²) in [7, 11) is 0. The highest BCUT2D eigenvalue weighted by molar-refractivity contribution is 6.30. The van der Waals surface area contributed by atoms with Crippen LogP contribution >= 0.6 is 11.6 Å². The summed E-state index contributed by atoms with van der Waals surface area (Å²) in [6.45, 7) is 5.10. The van der Waals surface area contributed by atoms with Gasteiger partial charge in [0, 0.05) is 23.7 Å². The molecule has 6 heteroatoms. The van der Waals surface area contributed by atoms with Gasteiger partial charge in [-0.25, -0.2) is 0 Å². The highest BCUT2D eigenvalue weighted by Gasteiger charge is 2.30. The van der Waals surface area contributed by atoms with E-state index in [0.29, 0.717) is 6.04 Å². The van der Waals surface area contributed by atoms with Crippen LogP contribution in [0, 0.1) is 0 Å². The van der Waals surface area contributed by atoms with Crippen molar-refractivity contribution in [1.82, 2.24) is 10.2 Å². The minimum atomic E-state index is 0.250. The standard InChI is InChI=1S/C16H23ClN2O.CH3NO/c17-14-3-1-13(2-4-14)11-16-12-20-10-9-19(16)15-5-7-18-8-6-15;2-1-3/h1-4,15-16,18H,5-12H2;1H,(H2,2,3)/t16-;/m0./s1. The molecule has 3 rings (SSSR count). The average molecular weight is 340 g/mol. The second-order valence-corrected chi connectivity index (χ2v) is 6.35. The summed E-state index contributed by atoms with van der Waals surface area (Å²) in [5.74, 6) is 0. The molecule has 0 spiro atoms. The molecule has 3 N–H and O–H groups in total. The van der Waals surface area contributed by atoms with Gasteiger partial charge in [-0.15, -0.1) is 0 Å². The molecule has 1 aromatic carbocycles. The number of hydrogen-bond acceptors (Lipinski definition) is 4. The van der Waals surface area contributed by atoms with Gasteiger partial charge in [0.15, 0.2) is 0 Å². The third-order valence-electron chi connectivity index (χ3n) is 4.44. The summed E-state index contributed by atoms with van der Waals surface area (Å²) >= 11 is 5.96. The fourth-order valence-electron chi connectivity index (χ4n) is 3.36. The first-order valence-electron chi connectivity index (χ1n) is 8.18. The summed E-state index contributed by atoms with van der Waals surface area (Å²) in [6.07, 6.45) is 3.83. The molecule has 0 aliphatic carbocycles. The molecule has 1 aromatic rings. The van der Waals surface area contributed by atoms with Crippen LogP contribution in [-0.4, -0.2) is 56.2 Å². The lowest BCUT2D eigenvalue weighted by Crippen LogP contribution is -2.54. The van der Waals surface area contributed by atoms with E-state index in [1.54, 1.807) is 0 Å². The van der Waals surface area contributed by atoms with Crippen LogP contribution in [0.2, 0.25) is 5.02 Å². The number of ether oxygens (including phenoxy) is 1. The zero-order valence-electron chi connectivity index (χ0n) is 13.4. The van der Waals surface area contributed by atoms with Gasteiger partial charge in [0.25, 0.3) is 0 Å². The van der Waals surface area contributed by atoms with Crippen molar-refractivity contribution in [2.24, 2.45) is 5.73 Å². The van der Waals surface area contributed by atoms with E-state index in [0.717, 1.165) is 50.3 Å². The first-order chi connectivity index (χ1) is 11.2. The van der Waals surface area contributed by atoms with Crippen LogP contribution in [0.3, 0.4) is 0 Å². The number of carbonyl (C=O) groups excluding carboxylic acids is 1. The SMILES string of the molecule is Clc1ccc(C[C@H]2COCCN2C2CCNCC2)cc1.NC=O. The Morgan fingerprint density at radius 3 is 2.61 bits per heavy atom. The van der Waals surface area contributed by atoms with Crippen molar-refractivity contribution in [3.8, 4) is 0 Å². The number of benzene rings is 1. The normalized spacial score (nSPS) is 22.9. The molecule has 2 aliphatic heterocycles. The molecule has 0 unspecified atom stereocenters. The topological polar surface area (TPSA) is 67.6 Å². The number of morpholine rings is 1. The Morgan fingerprint density at radius 2 is 1.96 bits per heavy atom. The van der Waals surface area contributed by atoms with Crippen LogP contribution in [0.1, 0.15) is 18.4 Å². The number of piperidine rings is 1. The molecule has 0 radical (unpaired) electrons. The van der Waals surface area contributed by atoms with Gasteiger partial charge in [-0.2, -0.15) is 0 Å². The van der Waals surface area contributed by atoms with E-state index in [1.807, 2.05) is 12.1 Å². The lowest BCUT2D eigenvalue weighted by Gasteiger charge is -2.42. The van der Waals surface area contributed by atoms with Crippen LogP contribution < -0.4 is 11.1 Å². The molecule has 5 nitrogen and oxygen atoms in total. The maximum absolute atomic E-state index is 8.58. The van der Waals surface area contributed by atoms with Crippen molar-refractivity contribution in [2.45, 2.75) is 31.3 Å². The molecule has 1 atom stereocenters. The molecule has 0 aromatic heterocycles. The predicted molar refractivity (Wildman–Crippen MR) is 92.6 cm³/mol. The number of nitrogens with zero attached hydrogens (tertiary/aromatic N) is 1. The van der Waals surface area contributed by atoms with Crippen molar-refractivity contribution in [1.29, 1.82) is 0 Å². The molecule has 0 saturated carbocycles. The van der Waals surface area contributed by atoms with Gasteiger partial charge in [0.1, 0.15) is 0 Å². The number of nitrogens with one attached hydrogen (secondary N) is 1. The summed E-state index contributed by atoms with van der Waals surface area (Å²) < 4.78 is 5.72. The molecule has 23 heavy (non-hydrogen) atoms. The zero-order valence-corrected chi connectivity index (χ0v) is 14.2. The van der Waals surface area contributed by atoms with Crippen molar-refractivity contribution in [3.63, 3.8) is 0 Å². The zero-order chi connectivity index (χ0) is 16.5. The van der Waals surface area contributed by atoms with Crippen LogP contribution in [0.4, 0.5) is 0 Å². The molecule has 2 aliphatic rings. The first-order valence-corrected chi connectivity index (χ1v) is 8.56. The molecule has 2 fully saturated rings. The average Bonchev–Trinajstić information content (AvgIpc) is 2.59. The quantitative estimate of drug-likeness (QED) is 0.818. The Hall–Kier alpha value is -1.14. The van der Waals surface area contributed by atoms with Crippen LogP contribution in [0.15, 0.2) is 24.3 Å². The maximum atomic E-state index is 8.58. The number of carbonyl (C=O) groups is 1. The van der Waals surface area contributed by atoms with Gasteiger partial charge >= 0.3 is 0 Å². The maximum Gasteiger partial charge on any atom is 0.204 e. The number of halogens is 1. The van der Waals surface area contributed by atoms with E-state index < -0.39 is 0 Å². The van der Waals surface area contributed by atoms with E-state index >= 15 is 0 Å². The Bertz CT molecular complexity index is 463. The molecular weight excluding hydrogens is 314 g/mol. The minimum absolute atomic E-state index is 0.250. The van der Waals surface area contributed by atoms with Gasteiger partial charge in [0.2, 0.25) is 6.41 Å². The Kier molecular flexibility index (Phi) is 7.82. The summed E-state index contributed by atoms with van der Waals surface area (Å²) in [6, 6.07) is 9.46. The van der Waals surface area contributed by atoms with Crippen molar-refractivity contribution >= 4 is 18.0 Å². The number of primary amides is 1. The van der Waals surface area contributed by atoms with Gasteiger partial charge < -0.3 is 15.8 Å². The summed E-state index contributed by atoms with van der Waals surface area (Å²) in [5.41, 5.74) is 5.52. The number of hydrogen-bond donors (Lipinski definition) is 2. The molecular formula is C17H26ClN3O2. The van der Waals surface area contributed by atoms with E-state index in [1.165, 1.54) is 18.4 Å². The van der Waals surface area contributed by atoms with Gasteiger partial charge in [0.05, 0.1) is 13.2 Å². The van der Waals surface area contributed by atoms with E-state index in [9.17, 15) is 0 Å². The van der Waals surface area contributed by atoms with E-state index in [4.69, 9.17) is 21.1 Å². The van der Waals surface area contributed by atoms with Crippen molar-refractivity contribution < 1.29 is 9.53 Å². The number of nitrogens with two attached hydrogens (primary N) is 1. The summed E-state index contributed by atoms with van der Waals surface area (Å²) in [5, 5.41) is 4.26. The van der Waals surface area contributed by atoms with Crippen LogP contribution in [0.25, 0.3) is 0 Å². The molecule has 1 amide bonds. The van der Waals surface area contributed by atoms with E-state index in [2.05, 4.69) is 28.1 Å². The van der Waals surface area contributed by atoms with Gasteiger partial charge in [-0.3, -0.25) is 9.69 Å². The highest BCUT2D eigenvalue weighted by atomic mass is 35.5. The molecule has 2 saturated heterocycles. The molecule has 0 bridgehead atoms. The van der Waals surface area contributed by atoms with E-state index in [-0.39, 0.29) is 6.41 Å². The monoisotopic (exact) mass is 339 g/mol. The summed E-state index contributed by atoms with van der Waals surface area (Å²) in [4.78, 5) is 11.3. The lowest BCUT2D eigenvalue weighted by atomic mass is 9.98. The second-order valence-electron chi connectivity index (χ2n) is 5.91. The number of rotatable bonds is 3. The van der Waals surface area contributed by atoms with Crippen molar-refractivity contribution in [2.75, 3.05) is 32.8 Å². The second kappa shape index (κ2) is 9.88. The lowest BCUT2D eigenvalue weighted by molar-refractivity contribution is -0.106. The predicted octanol–water partition coefficient (Wildman–Crippen LogP) is 1.44. The minimum Gasteiger partial charge on any atom is -0.378 e. The first kappa shape index (κ1) is 18.2. The third kappa shape index (κ3) is 5.77. The number of amides is 1. The highest BCUT2D eigenvalue weighted by Crippen LogP contribution is 2.21. The fraction of sp³-hybridized carbons (Fsp3) is 0.588. The molecule has 2 heterocycles. The van der Waals surface area contributed by atoms with Crippen molar-refractivity contribution in [3.05, 3.63) is 34.9 Å². The van der Waals surface area contributed by atoms with Gasteiger partial charge in [-0.05, 0) is 50.0 Å². The van der Waals surface area contributed by atoms with Crippen LogP contribution in [-0.2, 0) is 16.0 Å². The fourth-order valence-corrected chi connectivity index (χ4v) is 3.48. The molecule has 128 valence electrons. The smallest absolute Gasteiger partial charge is 0.204 e. The Labute approximate surface area is 143 Å². The largest absolute Gasteiger partial charge is 0.378 e. The Balaban J connectivity index is 0.000000595.